The van der Waals surface area contributed by atoms with Crippen LogP contribution in [0.15, 0.2) is 15.5 Å². The number of hydrogen-bond acceptors (Lipinski definition) is 3. The molecule has 0 saturated carbocycles. The van der Waals surface area contributed by atoms with Crippen molar-refractivity contribution >= 4 is 21.6 Å². The molecule has 4 nitrogen and oxygen atoms in total. The van der Waals surface area contributed by atoms with Crippen molar-refractivity contribution < 1.29 is 0 Å². The third-order valence-corrected chi connectivity index (χ3v) is 4.18. The van der Waals surface area contributed by atoms with Crippen molar-refractivity contribution in [2.45, 2.75) is 72.4 Å². The fourth-order valence-electron chi connectivity index (χ4n) is 2.26. The smallest absolute Gasteiger partial charge is 0.283 e. The Bertz CT molecular complexity index is 485. The lowest BCUT2D eigenvalue weighted by atomic mass is 10.1. The minimum absolute atomic E-state index is 0.0631. The van der Waals surface area contributed by atoms with Gasteiger partial charge in [-0.25, -0.2) is 4.68 Å². The number of anilines is 1. The molecule has 0 aliphatic carbocycles. The van der Waals surface area contributed by atoms with Crippen LogP contribution >= 0.6 is 15.9 Å². The highest BCUT2D eigenvalue weighted by Crippen LogP contribution is 2.19. The van der Waals surface area contributed by atoms with E-state index < -0.39 is 0 Å². The molecule has 21 heavy (non-hydrogen) atoms. The molecule has 1 N–H and O–H groups in total. The zero-order chi connectivity index (χ0) is 15.8. The lowest BCUT2D eigenvalue weighted by Gasteiger charge is -2.17. The van der Waals surface area contributed by atoms with Crippen LogP contribution in [0.2, 0.25) is 0 Å². The first kappa shape index (κ1) is 18.2. The van der Waals surface area contributed by atoms with Gasteiger partial charge in [-0.15, -0.1) is 0 Å². The molecular formula is C16H28BrN3O. The fourth-order valence-corrected chi connectivity index (χ4v) is 2.68. The van der Waals surface area contributed by atoms with Crippen molar-refractivity contribution in [2.24, 2.45) is 5.92 Å². The average Bonchev–Trinajstić information content (AvgIpc) is 2.43. The number of unbranched alkanes of at least 4 members (excludes halogenated alkanes) is 3. The van der Waals surface area contributed by atoms with Crippen molar-refractivity contribution in [3.63, 3.8) is 0 Å². The number of hydrogen-bond donors (Lipinski definition) is 1. The number of aromatic nitrogens is 2. The van der Waals surface area contributed by atoms with Crippen LogP contribution in [0.1, 0.15) is 59.8 Å². The van der Waals surface area contributed by atoms with Crippen molar-refractivity contribution in [1.29, 1.82) is 0 Å². The Morgan fingerprint density at radius 3 is 2.62 bits per heavy atom. The molecule has 0 fully saturated rings. The molecule has 0 aliphatic rings. The molecular weight excluding hydrogens is 330 g/mol. The van der Waals surface area contributed by atoms with Gasteiger partial charge in [0.05, 0.1) is 11.9 Å². The van der Waals surface area contributed by atoms with Crippen LogP contribution < -0.4 is 10.9 Å². The van der Waals surface area contributed by atoms with E-state index in [-0.39, 0.29) is 5.56 Å². The third-order valence-electron chi connectivity index (χ3n) is 3.42. The predicted octanol–water partition coefficient (Wildman–Crippen LogP) is 4.43. The summed E-state index contributed by atoms with van der Waals surface area (Å²) in [6.07, 6.45) is 7.90. The zero-order valence-electron chi connectivity index (χ0n) is 13.7. The van der Waals surface area contributed by atoms with Crippen LogP contribution in [0.25, 0.3) is 0 Å². The van der Waals surface area contributed by atoms with Crippen LogP contribution in [0.3, 0.4) is 0 Å². The maximum Gasteiger partial charge on any atom is 0.283 e. The molecule has 1 rings (SSSR count). The standard InChI is InChI=1S/C16H28BrN3O/c1-5-6-7-8-9-13(4)19-14-10-18-20(11-12(2)3)16(21)15(14)17/h10,12-13,19H,5-9,11H2,1-4H3. The summed E-state index contributed by atoms with van der Waals surface area (Å²) in [5.74, 6) is 0.401. The maximum absolute atomic E-state index is 12.2. The van der Waals surface area contributed by atoms with Crippen LogP contribution in [0, 0.1) is 5.92 Å². The lowest BCUT2D eigenvalue weighted by molar-refractivity contribution is 0.462. The summed E-state index contributed by atoms with van der Waals surface area (Å²) in [7, 11) is 0. The Balaban J connectivity index is 2.63. The highest BCUT2D eigenvalue weighted by atomic mass is 79.9. The van der Waals surface area contributed by atoms with Gasteiger partial charge >= 0.3 is 0 Å². The maximum atomic E-state index is 12.2. The quantitative estimate of drug-likeness (QED) is 0.664. The Morgan fingerprint density at radius 1 is 1.29 bits per heavy atom. The number of rotatable bonds is 9. The first-order valence-electron chi connectivity index (χ1n) is 7.97. The second kappa shape index (κ2) is 9.23. The molecule has 1 heterocycles. The minimum Gasteiger partial charge on any atom is -0.380 e. The van der Waals surface area contributed by atoms with E-state index in [0.717, 1.165) is 12.1 Å². The molecule has 0 radical (unpaired) electrons. The largest absolute Gasteiger partial charge is 0.380 e. The summed E-state index contributed by atoms with van der Waals surface area (Å²) >= 11 is 3.41. The predicted molar refractivity (Wildman–Crippen MR) is 92.9 cm³/mol. The second-order valence-electron chi connectivity index (χ2n) is 6.15. The molecule has 1 unspecified atom stereocenters. The molecule has 0 aliphatic heterocycles. The Morgan fingerprint density at radius 2 is 2.00 bits per heavy atom. The molecule has 0 aromatic carbocycles. The molecule has 0 saturated heterocycles. The van der Waals surface area contributed by atoms with E-state index in [1.54, 1.807) is 6.20 Å². The van der Waals surface area contributed by atoms with E-state index in [0.29, 0.717) is 23.0 Å². The topological polar surface area (TPSA) is 46.9 Å². The summed E-state index contributed by atoms with van der Waals surface area (Å²) in [5.41, 5.74) is 0.731. The van der Waals surface area contributed by atoms with Gasteiger partial charge in [0.25, 0.3) is 5.56 Å². The average molecular weight is 358 g/mol. The van der Waals surface area contributed by atoms with Crippen molar-refractivity contribution in [3.05, 3.63) is 21.0 Å². The van der Waals surface area contributed by atoms with E-state index >= 15 is 0 Å². The summed E-state index contributed by atoms with van der Waals surface area (Å²) in [6.45, 7) is 9.16. The number of nitrogens with one attached hydrogen (secondary N) is 1. The van der Waals surface area contributed by atoms with Gasteiger partial charge in [-0.3, -0.25) is 4.79 Å². The molecule has 120 valence electrons. The van der Waals surface area contributed by atoms with E-state index in [9.17, 15) is 4.79 Å². The van der Waals surface area contributed by atoms with E-state index in [4.69, 9.17) is 0 Å². The number of halogens is 1. The van der Waals surface area contributed by atoms with Crippen LogP contribution in [-0.2, 0) is 6.54 Å². The first-order valence-corrected chi connectivity index (χ1v) is 8.77. The van der Waals surface area contributed by atoms with Crippen LogP contribution in [0.5, 0.6) is 0 Å². The van der Waals surface area contributed by atoms with Gasteiger partial charge in [0.15, 0.2) is 0 Å². The van der Waals surface area contributed by atoms with Gasteiger partial charge in [0, 0.05) is 12.6 Å². The molecule has 0 amide bonds. The lowest BCUT2D eigenvalue weighted by Crippen LogP contribution is -2.27. The Kier molecular flexibility index (Phi) is 8.01. The van der Waals surface area contributed by atoms with Gasteiger partial charge in [-0.1, -0.05) is 46.5 Å². The second-order valence-corrected chi connectivity index (χ2v) is 6.94. The SMILES string of the molecule is CCCCCCC(C)Nc1cnn(CC(C)C)c(=O)c1Br. The molecule has 0 spiro atoms. The van der Waals surface area contributed by atoms with Gasteiger partial charge in [0.1, 0.15) is 4.47 Å². The first-order chi connectivity index (χ1) is 9.95. The highest BCUT2D eigenvalue weighted by molar-refractivity contribution is 9.10. The van der Waals surface area contributed by atoms with Gasteiger partial charge in [0.2, 0.25) is 0 Å². The van der Waals surface area contributed by atoms with Crippen LogP contribution in [0.4, 0.5) is 5.69 Å². The fraction of sp³-hybridized carbons (Fsp3) is 0.750. The summed E-state index contributed by atoms with van der Waals surface area (Å²) in [5, 5.41) is 7.64. The highest BCUT2D eigenvalue weighted by Gasteiger charge is 2.11. The normalized spacial score (nSPS) is 12.7. The summed E-state index contributed by atoms with van der Waals surface area (Å²) in [6, 6.07) is 0.348. The summed E-state index contributed by atoms with van der Waals surface area (Å²) in [4.78, 5) is 12.2. The van der Waals surface area contributed by atoms with Crippen molar-refractivity contribution in [2.75, 3.05) is 5.32 Å². The minimum atomic E-state index is -0.0631. The molecule has 1 aromatic rings. The monoisotopic (exact) mass is 357 g/mol. The molecule has 1 aromatic heterocycles. The van der Waals surface area contributed by atoms with Gasteiger partial charge in [-0.2, -0.15) is 5.10 Å². The zero-order valence-corrected chi connectivity index (χ0v) is 15.2. The Hall–Kier alpha value is -0.840. The van der Waals surface area contributed by atoms with Crippen molar-refractivity contribution in [1.82, 2.24) is 9.78 Å². The number of nitrogens with zero attached hydrogens (tertiary/aromatic N) is 2. The Labute approximate surface area is 136 Å². The van der Waals surface area contributed by atoms with E-state index in [2.05, 4.69) is 54.0 Å². The molecule has 0 bridgehead atoms. The summed E-state index contributed by atoms with van der Waals surface area (Å²) < 4.78 is 2.10. The van der Waals surface area contributed by atoms with E-state index in [1.165, 1.54) is 30.4 Å². The van der Waals surface area contributed by atoms with Gasteiger partial charge < -0.3 is 5.32 Å². The van der Waals surface area contributed by atoms with Crippen LogP contribution in [-0.4, -0.2) is 15.8 Å². The molecule has 5 heteroatoms. The van der Waals surface area contributed by atoms with E-state index in [1.807, 2.05) is 0 Å². The van der Waals surface area contributed by atoms with Crippen molar-refractivity contribution in [3.8, 4) is 0 Å². The molecule has 1 atom stereocenters. The third kappa shape index (κ3) is 6.20. The van der Waals surface area contributed by atoms with Gasteiger partial charge in [-0.05, 0) is 35.2 Å².